The lowest BCUT2D eigenvalue weighted by atomic mass is 10.1. The number of carbonyl (C=O) groups is 2. The summed E-state index contributed by atoms with van der Waals surface area (Å²) < 4.78 is 29.8. The van der Waals surface area contributed by atoms with E-state index >= 15 is 0 Å². The van der Waals surface area contributed by atoms with E-state index in [2.05, 4.69) is 5.32 Å². The fraction of sp³-hybridized carbons (Fsp3) is 0.182. The third-order valence-corrected chi connectivity index (χ3v) is 5.67. The largest absolute Gasteiger partial charge is 0.497 e. The number of anilines is 3. The first kappa shape index (κ1) is 22.3. The SMILES string of the molecule is COC(=O)c1ccc(OC)cc1N1Cc2c(Cl)cc(F)c(Nc3c(OC)c(=O)c3=O)c2C1=O. The number of hydrogen-bond donors (Lipinski definition) is 1. The van der Waals surface area contributed by atoms with Gasteiger partial charge >= 0.3 is 5.97 Å². The number of nitrogens with zero attached hydrogens (tertiary/aromatic N) is 1. The van der Waals surface area contributed by atoms with Crippen molar-refractivity contribution in [2.24, 2.45) is 0 Å². The zero-order valence-electron chi connectivity index (χ0n) is 17.6. The summed E-state index contributed by atoms with van der Waals surface area (Å²) in [4.78, 5) is 50.5. The highest BCUT2D eigenvalue weighted by Crippen LogP contribution is 2.41. The first-order valence-electron chi connectivity index (χ1n) is 9.46. The molecule has 1 amide bonds. The van der Waals surface area contributed by atoms with E-state index in [4.69, 9.17) is 25.8 Å². The summed E-state index contributed by atoms with van der Waals surface area (Å²) in [7, 11) is 3.81. The van der Waals surface area contributed by atoms with Gasteiger partial charge in [-0.2, -0.15) is 0 Å². The standard InChI is InChI=1S/C22H16ClFN2O7/c1-31-9-4-5-10(22(30)33-3)14(6-9)26-8-11-12(23)7-13(24)16(15(11)21(26)29)25-17-18(27)19(28)20(17)32-2/h4-7,25H,8H2,1-3H3. The van der Waals surface area contributed by atoms with Crippen LogP contribution in [0.2, 0.25) is 5.02 Å². The first-order valence-corrected chi connectivity index (χ1v) is 9.84. The Morgan fingerprint density at radius 3 is 2.42 bits per heavy atom. The van der Waals surface area contributed by atoms with Gasteiger partial charge in [0.05, 0.1) is 50.4 Å². The minimum Gasteiger partial charge on any atom is -0.497 e. The zero-order chi connectivity index (χ0) is 24.0. The van der Waals surface area contributed by atoms with Gasteiger partial charge in [0.1, 0.15) is 17.3 Å². The third kappa shape index (κ3) is 3.39. The summed E-state index contributed by atoms with van der Waals surface area (Å²) in [5.41, 5.74) is -2.01. The summed E-state index contributed by atoms with van der Waals surface area (Å²) in [6.07, 6.45) is 0. The van der Waals surface area contributed by atoms with Crippen molar-refractivity contribution in [1.82, 2.24) is 0 Å². The lowest BCUT2D eigenvalue weighted by molar-refractivity contribution is 0.0601. The number of benzene rings is 2. The molecule has 0 radical (unpaired) electrons. The Bertz CT molecular complexity index is 1390. The normalized spacial score (nSPS) is 12.6. The Kier molecular flexibility index (Phi) is 5.54. The molecular formula is C22H16ClFN2O7. The molecule has 1 aliphatic heterocycles. The van der Waals surface area contributed by atoms with E-state index < -0.39 is 28.6 Å². The van der Waals surface area contributed by atoms with Gasteiger partial charge in [0.25, 0.3) is 16.8 Å². The molecule has 3 aromatic carbocycles. The molecule has 33 heavy (non-hydrogen) atoms. The van der Waals surface area contributed by atoms with Crippen molar-refractivity contribution in [3.05, 3.63) is 72.2 Å². The highest BCUT2D eigenvalue weighted by molar-refractivity contribution is 6.33. The molecule has 0 saturated carbocycles. The average Bonchev–Trinajstić information content (AvgIpc) is 3.16. The highest BCUT2D eigenvalue weighted by Gasteiger charge is 2.37. The first-order chi connectivity index (χ1) is 15.7. The number of rotatable bonds is 6. The molecule has 4 rings (SSSR count). The molecule has 9 nitrogen and oxygen atoms in total. The van der Waals surface area contributed by atoms with Crippen LogP contribution in [0.3, 0.4) is 0 Å². The van der Waals surface area contributed by atoms with Gasteiger partial charge in [-0.3, -0.25) is 14.4 Å². The fourth-order valence-electron chi connectivity index (χ4n) is 3.68. The Morgan fingerprint density at radius 2 is 1.79 bits per heavy atom. The van der Waals surface area contributed by atoms with Crippen LogP contribution in [0.5, 0.6) is 11.5 Å². The molecule has 0 spiro atoms. The number of methoxy groups -OCH3 is 3. The van der Waals surface area contributed by atoms with Crippen molar-refractivity contribution >= 4 is 40.5 Å². The molecule has 1 aliphatic rings. The van der Waals surface area contributed by atoms with Gasteiger partial charge in [-0.25, -0.2) is 9.18 Å². The summed E-state index contributed by atoms with van der Waals surface area (Å²) >= 11 is 6.22. The molecule has 0 unspecified atom stereocenters. The Morgan fingerprint density at radius 1 is 1.06 bits per heavy atom. The number of halogens is 2. The molecule has 1 N–H and O–H groups in total. The van der Waals surface area contributed by atoms with Crippen LogP contribution in [-0.2, 0) is 11.3 Å². The van der Waals surface area contributed by atoms with Gasteiger partial charge in [-0.15, -0.1) is 0 Å². The van der Waals surface area contributed by atoms with E-state index in [1.54, 1.807) is 0 Å². The maximum atomic E-state index is 14.9. The Hall–Kier alpha value is -3.92. The van der Waals surface area contributed by atoms with Gasteiger partial charge in [-0.05, 0) is 18.2 Å². The number of fused-ring (bicyclic) bond motifs is 1. The predicted octanol–water partition coefficient (Wildman–Crippen LogP) is 2.78. The van der Waals surface area contributed by atoms with Crippen molar-refractivity contribution in [2.45, 2.75) is 6.54 Å². The van der Waals surface area contributed by atoms with Crippen LogP contribution in [0.4, 0.5) is 21.5 Å². The molecule has 0 aliphatic carbocycles. The monoisotopic (exact) mass is 474 g/mol. The lowest BCUT2D eigenvalue weighted by Gasteiger charge is -2.20. The Balaban J connectivity index is 1.84. The van der Waals surface area contributed by atoms with E-state index in [9.17, 15) is 23.6 Å². The van der Waals surface area contributed by atoms with E-state index in [0.717, 1.165) is 6.07 Å². The van der Waals surface area contributed by atoms with Crippen LogP contribution in [0.15, 0.2) is 33.9 Å². The van der Waals surface area contributed by atoms with E-state index in [1.165, 1.54) is 44.4 Å². The third-order valence-electron chi connectivity index (χ3n) is 5.33. The molecule has 0 fully saturated rings. The topological polar surface area (TPSA) is 111 Å². The van der Waals surface area contributed by atoms with Crippen LogP contribution >= 0.6 is 11.6 Å². The number of amides is 1. The molecule has 0 atom stereocenters. The fourth-order valence-corrected chi connectivity index (χ4v) is 3.93. The van der Waals surface area contributed by atoms with E-state index in [1.807, 2.05) is 0 Å². The molecule has 3 aromatic rings. The van der Waals surface area contributed by atoms with Crippen molar-refractivity contribution in [3.63, 3.8) is 0 Å². The second-order valence-electron chi connectivity index (χ2n) is 7.03. The summed E-state index contributed by atoms with van der Waals surface area (Å²) in [6, 6.07) is 5.42. The van der Waals surface area contributed by atoms with Crippen LogP contribution < -0.4 is 30.5 Å². The van der Waals surface area contributed by atoms with Gasteiger partial charge in [0.15, 0.2) is 5.75 Å². The second kappa shape index (κ2) is 8.21. The highest BCUT2D eigenvalue weighted by atomic mass is 35.5. The van der Waals surface area contributed by atoms with Crippen LogP contribution in [0.25, 0.3) is 0 Å². The summed E-state index contributed by atoms with van der Waals surface area (Å²) in [5, 5.41) is 2.49. The van der Waals surface area contributed by atoms with Gasteiger partial charge in [0, 0.05) is 16.7 Å². The van der Waals surface area contributed by atoms with E-state index in [-0.39, 0.29) is 51.1 Å². The molecule has 1 heterocycles. The maximum absolute atomic E-state index is 14.9. The van der Waals surface area contributed by atoms with Crippen LogP contribution in [-0.4, -0.2) is 33.2 Å². The maximum Gasteiger partial charge on any atom is 0.339 e. The van der Waals surface area contributed by atoms with Crippen molar-refractivity contribution in [1.29, 1.82) is 0 Å². The molecule has 0 bridgehead atoms. The van der Waals surface area contributed by atoms with Gasteiger partial charge in [-0.1, -0.05) is 11.6 Å². The number of esters is 1. The molecule has 0 saturated heterocycles. The molecule has 170 valence electrons. The number of nitrogens with one attached hydrogen (secondary N) is 1. The molecule has 11 heteroatoms. The predicted molar refractivity (Wildman–Crippen MR) is 117 cm³/mol. The second-order valence-corrected chi connectivity index (χ2v) is 7.43. The van der Waals surface area contributed by atoms with Crippen LogP contribution in [0.1, 0.15) is 26.3 Å². The summed E-state index contributed by atoms with van der Waals surface area (Å²) in [6.45, 7) is -0.0951. The van der Waals surface area contributed by atoms with Crippen molar-refractivity contribution < 1.29 is 28.2 Å². The van der Waals surface area contributed by atoms with Gasteiger partial charge < -0.3 is 24.4 Å². The molecule has 0 aromatic heterocycles. The number of carbonyl (C=O) groups excluding carboxylic acids is 2. The Labute approximate surface area is 190 Å². The number of ether oxygens (including phenoxy) is 3. The van der Waals surface area contributed by atoms with Gasteiger partial charge in [0.2, 0.25) is 0 Å². The van der Waals surface area contributed by atoms with E-state index in [0.29, 0.717) is 5.75 Å². The number of hydrogen-bond acceptors (Lipinski definition) is 8. The smallest absolute Gasteiger partial charge is 0.339 e. The lowest BCUT2D eigenvalue weighted by Crippen LogP contribution is -2.35. The minimum absolute atomic E-state index is 0.0247. The molecular weight excluding hydrogens is 459 g/mol. The average molecular weight is 475 g/mol. The van der Waals surface area contributed by atoms with Crippen molar-refractivity contribution in [3.8, 4) is 11.5 Å². The van der Waals surface area contributed by atoms with Crippen LogP contribution in [0, 0.1) is 5.82 Å². The summed E-state index contributed by atoms with van der Waals surface area (Å²) in [5.74, 6) is -2.20. The minimum atomic E-state index is -0.914. The quantitative estimate of drug-likeness (QED) is 0.429. The van der Waals surface area contributed by atoms with Crippen molar-refractivity contribution in [2.75, 3.05) is 31.5 Å². The zero-order valence-corrected chi connectivity index (χ0v) is 18.3.